The molecule has 0 amide bonds. The van der Waals surface area contributed by atoms with Gasteiger partial charge in [0.1, 0.15) is 4.90 Å². The van der Waals surface area contributed by atoms with E-state index in [-0.39, 0.29) is 28.4 Å². The van der Waals surface area contributed by atoms with Gasteiger partial charge < -0.3 is 5.73 Å². The van der Waals surface area contributed by atoms with Crippen molar-refractivity contribution in [3.63, 3.8) is 0 Å². The second-order valence-corrected chi connectivity index (χ2v) is 7.16. The maximum absolute atomic E-state index is 12.3. The van der Waals surface area contributed by atoms with E-state index in [0.717, 1.165) is 0 Å². The highest BCUT2D eigenvalue weighted by atomic mass is 35.5. The van der Waals surface area contributed by atoms with Crippen molar-refractivity contribution in [1.29, 1.82) is 0 Å². The van der Waals surface area contributed by atoms with Crippen LogP contribution in [0.5, 0.6) is 0 Å². The fourth-order valence-electron chi connectivity index (χ4n) is 1.42. The first-order valence-corrected chi connectivity index (χ1v) is 8.14. The Bertz CT molecular complexity index is 559. The molecule has 0 saturated heterocycles. The topological polar surface area (TPSA) is 72.2 Å². The highest BCUT2D eigenvalue weighted by Crippen LogP contribution is 2.30. The Hall–Kier alpha value is -0.330. The van der Waals surface area contributed by atoms with Gasteiger partial charge in [-0.3, -0.25) is 0 Å². The number of benzene rings is 1. The van der Waals surface area contributed by atoms with Crippen molar-refractivity contribution in [3.8, 4) is 0 Å². The Morgan fingerprint density at radius 3 is 2.32 bits per heavy atom. The molecule has 19 heavy (non-hydrogen) atoms. The Morgan fingerprint density at radius 1 is 1.26 bits per heavy atom. The van der Waals surface area contributed by atoms with E-state index in [4.69, 9.17) is 28.9 Å². The molecule has 0 heterocycles. The van der Waals surface area contributed by atoms with Crippen molar-refractivity contribution in [3.05, 3.63) is 27.7 Å². The van der Waals surface area contributed by atoms with Crippen LogP contribution in [0.25, 0.3) is 0 Å². The first-order chi connectivity index (χ1) is 8.70. The zero-order valence-electron chi connectivity index (χ0n) is 11.1. The fraction of sp³-hybridized carbons (Fsp3) is 0.500. The maximum atomic E-state index is 12.3. The maximum Gasteiger partial charge on any atom is 0.242 e. The smallest absolute Gasteiger partial charge is 0.242 e. The van der Waals surface area contributed by atoms with Gasteiger partial charge in [-0.25, -0.2) is 13.1 Å². The summed E-state index contributed by atoms with van der Waals surface area (Å²) in [6, 6.07) is 2.68. The number of hydrogen-bond donors (Lipinski definition) is 2. The molecule has 0 fully saturated rings. The molecule has 0 bridgehead atoms. The van der Waals surface area contributed by atoms with Crippen LogP contribution in [0.1, 0.15) is 26.3 Å². The van der Waals surface area contributed by atoms with Crippen molar-refractivity contribution in [2.24, 2.45) is 11.7 Å². The molecule has 1 unspecified atom stereocenters. The molecule has 1 atom stereocenters. The van der Waals surface area contributed by atoms with E-state index in [0.29, 0.717) is 10.6 Å². The fourth-order valence-corrected chi connectivity index (χ4v) is 3.74. The molecule has 7 heteroatoms. The Kier molecular flexibility index (Phi) is 5.65. The lowest BCUT2D eigenvalue weighted by Crippen LogP contribution is -2.36. The van der Waals surface area contributed by atoms with Crippen LogP contribution in [0.4, 0.5) is 0 Å². The van der Waals surface area contributed by atoms with Crippen LogP contribution >= 0.6 is 23.2 Å². The molecule has 0 spiro atoms. The van der Waals surface area contributed by atoms with Crippen LogP contribution < -0.4 is 10.5 Å². The van der Waals surface area contributed by atoms with Crippen LogP contribution in [0.15, 0.2) is 17.0 Å². The summed E-state index contributed by atoms with van der Waals surface area (Å²) in [7, 11) is -3.68. The van der Waals surface area contributed by atoms with Crippen molar-refractivity contribution in [2.45, 2.75) is 38.3 Å². The second kappa shape index (κ2) is 6.41. The van der Waals surface area contributed by atoms with E-state index in [1.165, 1.54) is 12.1 Å². The molecule has 3 N–H and O–H groups in total. The third-order valence-electron chi connectivity index (χ3n) is 2.99. The molecule has 0 aliphatic heterocycles. The van der Waals surface area contributed by atoms with E-state index in [1.54, 1.807) is 6.92 Å². The van der Waals surface area contributed by atoms with Crippen LogP contribution in [-0.2, 0) is 16.6 Å². The van der Waals surface area contributed by atoms with E-state index in [1.807, 2.05) is 13.8 Å². The highest BCUT2D eigenvalue weighted by Gasteiger charge is 2.23. The van der Waals surface area contributed by atoms with Crippen molar-refractivity contribution in [1.82, 2.24) is 4.72 Å². The molecular formula is C12H18Cl2N2O2S. The molecule has 0 aliphatic carbocycles. The van der Waals surface area contributed by atoms with Gasteiger partial charge in [0.15, 0.2) is 0 Å². The van der Waals surface area contributed by atoms with Crippen LogP contribution in [0.2, 0.25) is 10.0 Å². The van der Waals surface area contributed by atoms with E-state index in [9.17, 15) is 8.42 Å². The lowest BCUT2D eigenvalue weighted by atomic mass is 10.1. The predicted octanol–water partition coefficient (Wildman–Crippen LogP) is 2.77. The van der Waals surface area contributed by atoms with Crippen LogP contribution in [-0.4, -0.2) is 14.5 Å². The summed E-state index contributed by atoms with van der Waals surface area (Å²) in [5, 5.41) is 0.446. The van der Waals surface area contributed by atoms with Crippen LogP contribution in [0.3, 0.4) is 0 Å². The molecule has 0 aliphatic rings. The standard InChI is InChI=1S/C12H18Cl2N2O2S/c1-7(2)8(3)16-19(17,18)11-5-4-10(13)9(6-15)12(11)14/h4-5,7-8,16H,6,15H2,1-3H3. The molecular weight excluding hydrogens is 307 g/mol. The molecule has 1 rings (SSSR count). The van der Waals surface area contributed by atoms with Crippen molar-refractivity contribution in [2.75, 3.05) is 0 Å². The monoisotopic (exact) mass is 324 g/mol. The quantitative estimate of drug-likeness (QED) is 0.874. The van der Waals surface area contributed by atoms with Crippen molar-refractivity contribution < 1.29 is 8.42 Å². The molecule has 1 aromatic rings. The zero-order chi connectivity index (χ0) is 14.8. The Labute approximate surface area is 124 Å². The number of hydrogen-bond acceptors (Lipinski definition) is 3. The summed E-state index contributed by atoms with van der Waals surface area (Å²) in [4.78, 5) is 0.00603. The highest BCUT2D eigenvalue weighted by molar-refractivity contribution is 7.89. The summed E-state index contributed by atoms with van der Waals surface area (Å²) in [6.45, 7) is 5.75. The lowest BCUT2D eigenvalue weighted by Gasteiger charge is -2.19. The third-order valence-corrected chi connectivity index (χ3v) is 5.48. The molecule has 0 aromatic heterocycles. The van der Waals surface area contributed by atoms with Gasteiger partial charge >= 0.3 is 0 Å². The minimum absolute atomic E-state index is 0.00603. The third kappa shape index (κ3) is 3.83. The summed E-state index contributed by atoms with van der Waals surface area (Å²) >= 11 is 12.0. The van der Waals surface area contributed by atoms with Gasteiger partial charge in [0.05, 0.1) is 5.02 Å². The summed E-state index contributed by atoms with van der Waals surface area (Å²) in [5.74, 6) is 0.176. The van der Waals surface area contributed by atoms with Gasteiger partial charge in [-0.1, -0.05) is 37.0 Å². The van der Waals surface area contributed by atoms with Gasteiger partial charge in [-0.15, -0.1) is 0 Å². The summed E-state index contributed by atoms with van der Waals surface area (Å²) in [6.07, 6.45) is 0. The average Bonchev–Trinajstić information content (AvgIpc) is 2.28. The first kappa shape index (κ1) is 16.7. The lowest BCUT2D eigenvalue weighted by molar-refractivity contribution is 0.476. The molecule has 1 aromatic carbocycles. The van der Waals surface area contributed by atoms with Gasteiger partial charge in [0, 0.05) is 23.2 Å². The van der Waals surface area contributed by atoms with Gasteiger partial charge in [0.25, 0.3) is 0 Å². The number of nitrogens with two attached hydrogens (primary N) is 1. The van der Waals surface area contributed by atoms with Crippen molar-refractivity contribution >= 4 is 33.2 Å². The van der Waals surface area contributed by atoms with E-state index in [2.05, 4.69) is 4.72 Å². The minimum atomic E-state index is -3.68. The number of halogens is 2. The van der Waals surface area contributed by atoms with E-state index >= 15 is 0 Å². The van der Waals surface area contributed by atoms with Gasteiger partial charge in [0.2, 0.25) is 10.0 Å². The molecule has 0 radical (unpaired) electrons. The number of nitrogens with one attached hydrogen (secondary N) is 1. The number of sulfonamides is 1. The predicted molar refractivity (Wildman–Crippen MR) is 79.0 cm³/mol. The Balaban J connectivity index is 3.23. The summed E-state index contributed by atoms with van der Waals surface area (Å²) in [5.41, 5.74) is 5.96. The SMILES string of the molecule is CC(C)C(C)NS(=O)(=O)c1ccc(Cl)c(CN)c1Cl. The normalized spacial score (nSPS) is 13.8. The van der Waals surface area contributed by atoms with Gasteiger partial charge in [-0.05, 0) is 25.0 Å². The summed E-state index contributed by atoms with van der Waals surface area (Å²) < 4.78 is 27.1. The molecule has 0 saturated carbocycles. The average molecular weight is 325 g/mol. The van der Waals surface area contributed by atoms with Crippen LogP contribution in [0, 0.1) is 5.92 Å². The molecule has 4 nitrogen and oxygen atoms in total. The zero-order valence-corrected chi connectivity index (χ0v) is 13.4. The minimum Gasteiger partial charge on any atom is -0.326 e. The van der Waals surface area contributed by atoms with E-state index < -0.39 is 10.0 Å². The second-order valence-electron chi connectivity index (χ2n) is 4.70. The Morgan fingerprint density at radius 2 is 1.84 bits per heavy atom. The van der Waals surface area contributed by atoms with Gasteiger partial charge in [-0.2, -0.15) is 0 Å². The number of rotatable bonds is 5. The first-order valence-electron chi connectivity index (χ1n) is 5.90. The largest absolute Gasteiger partial charge is 0.326 e. The molecule has 108 valence electrons.